The van der Waals surface area contributed by atoms with Crippen molar-refractivity contribution < 1.29 is 9.47 Å². The Morgan fingerprint density at radius 1 is 1.42 bits per heavy atom. The van der Waals surface area contributed by atoms with Crippen molar-refractivity contribution >= 4 is 29.9 Å². The lowest BCUT2D eigenvalue weighted by molar-refractivity contribution is 0.254. The fourth-order valence-electron chi connectivity index (χ4n) is 2.57. The molecular weight excluding hydrogens is 417 g/mol. The fourth-order valence-corrected chi connectivity index (χ4v) is 2.57. The quantitative estimate of drug-likeness (QED) is 0.293. The second-order valence-electron chi connectivity index (χ2n) is 5.50. The van der Waals surface area contributed by atoms with E-state index in [1.807, 2.05) is 19.9 Å². The maximum atomic E-state index is 5.85. The molecule has 0 saturated carbocycles. The molecule has 134 valence electrons. The van der Waals surface area contributed by atoms with Crippen LogP contribution in [0.4, 0.5) is 0 Å². The van der Waals surface area contributed by atoms with Gasteiger partial charge in [0.15, 0.2) is 5.96 Å². The van der Waals surface area contributed by atoms with Gasteiger partial charge in [0.1, 0.15) is 17.6 Å². The molecule has 1 aromatic carbocycles. The zero-order chi connectivity index (χ0) is 16.7. The summed E-state index contributed by atoms with van der Waals surface area (Å²) < 4.78 is 11.6. The van der Waals surface area contributed by atoms with Gasteiger partial charge in [0.25, 0.3) is 0 Å². The second kappa shape index (κ2) is 10.4. The minimum absolute atomic E-state index is 0. The van der Waals surface area contributed by atoms with Crippen molar-refractivity contribution in [3.8, 4) is 11.5 Å². The molecule has 2 rings (SSSR count). The molecule has 1 aliphatic rings. The van der Waals surface area contributed by atoms with E-state index in [-0.39, 0.29) is 30.1 Å². The maximum Gasteiger partial charge on any atom is 0.191 e. The van der Waals surface area contributed by atoms with Crippen LogP contribution in [0.2, 0.25) is 0 Å². The lowest BCUT2D eigenvalue weighted by atomic mass is 10.1. The summed E-state index contributed by atoms with van der Waals surface area (Å²) in [4.78, 5) is 4.62. The van der Waals surface area contributed by atoms with E-state index >= 15 is 0 Å². The van der Waals surface area contributed by atoms with E-state index in [0.29, 0.717) is 19.7 Å². The molecule has 1 atom stereocenters. The first-order valence-electron chi connectivity index (χ1n) is 8.26. The predicted molar refractivity (Wildman–Crippen MR) is 110 cm³/mol. The van der Waals surface area contributed by atoms with Crippen molar-refractivity contribution in [2.45, 2.75) is 39.8 Å². The monoisotopic (exact) mass is 445 g/mol. The Balaban J connectivity index is 0.00000288. The van der Waals surface area contributed by atoms with Gasteiger partial charge in [-0.25, -0.2) is 4.99 Å². The topological polar surface area (TPSA) is 54.9 Å². The number of hydrogen-bond acceptors (Lipinski definition) is 3. The third kappa shape index (κ3) is 5.58. The van der Waals surface area contributed by atoms with Gasteiger partial charge in [-0.15, -0.1) is 30.6 Å². The first kappa shape index (κ1) is 20.6. The number of fused-ring (bicyclic) bond motifs is 1. The zero-order valence-corrected chi connectivity index (χ0v) is 17.1. The van der Waals surface area contributed by atoms with Gasteiger partial charge in [-0.05, 0) is 32.9 Å². The molecule has 5 nitrogen and oxygen atoms in total. The van der Waals surface area contributed by atoms with Crippen molar-refractivity contribution in [2.24, 2.45) is 4.99 Å². The minimum Gasteiger partial charge on any atom is -0.494 e. The zero-order valence-electron chi connectivity index (χ0n) is 14.7. The van der Waals surface area contributed by atoms with E-state index in [1.54, 1.807) is 0 Å². The summed E-state index contributed by atoms with van der Waals surface area (Å²) in [6.07, 6.45) is 2.97. The van der Waals surface area contributed by atoms with Crippen LogP contribution in [0.15, 0.2) is 29.8 Å². The number of benzene rings is 1. The van der Waals surface area contributed by atoms with Gasteiger partial charge in [-0.2, -0.15) is 0 Å². The largest absolute Gasteiger partial charge is 0.494 e. The van der Waals surface area contributed by atoms with E-state index in [9.17, 15) is 0 Å². The molecule has 1 unspecified atom stereocenters. The van der Waals surface area contributed by atoms with Crippen molar-refractivity contribution in [1.29, 1.82) is 0 Å². The first-order valence-corrected chi connectivity index (χ1v) is 8.26. The fraction of sp³-hybridized carbons (Fsp3) is 0.500. The van der Waals surface area contributed by atoms with Crippen molar-refractivity contribution in [3.05, 3.63) is 35.9 Å². The van der Waals surface area contributed by atoms with Gasteiger partial charge in [-0.3, -0.25) is 0 Å². The summed E-state index contributed by atoms with van der Waals surface area (Å²) >= 11 is 0. The number of hydrogen-bond donors (Lipinski definition) is 2. The highest BCUT2D eigenvalue weighted by Crippen LogP contribution is 2.35. The lowest BCUT2D eigenvalue weighted by Gasteiger charge is -2.13. The van der Waals surface area contributed by atoms with Crippen LogP contribution in [-0.2, 0) is 13.0 Å². The number of ether oxygens (including phenoxy) is 2. The van der Waals surface area contributed by atoms with E-state index in [0.717, 1.165) is 36.0 Å². The second-order valence-corrected chi connectivity index (χ2v) is 5.50. The third-order valence-corrected chi connectivity index (χ3v) is 3.54. The summed E-state index contributed by atoms with van der Waals surface area (Å²) in [5.74, 6) is 2.62. The van der Waals surface area contributed by atoms with Crippen LogP contribution in [0.5, 0.6) is 11.5 Å². The van der Waals surface area contributed by atoms with Gasteiger partial charge < -0.3 is 20.1 Å². The molecule has 0 fully saturated rings. The highest BCUT2D eigenvalue weighted by molar-refractivity contribution is 14.0. The van der Waals surface area contributed by atoms with Gasteiger partial charge in [-0.1, -0.05) is 6.08 Å². The summed E-state index contributed by atoms with van der Waals surface area (Å²) in [5.41, 5.74) is 2.25. The van der Waals surface area contributed by atoms with Gasteiger partial charge in [0.05, 0.1) is 13.2 Å². The van der Waals surface area contributed by atoms with E-state index in [4.69, 9.17) is 9.47 Å². The molecule has 1 aliphatic heterocycles. The molecule has 2 N–H and O–H groups in total. The summed E-state index contributed by atoms with van der Waals surface area (Å²) in [7, 11) is 0. The molecule has 0 amide bonds. The van der Waals surface area contributed by atoms with Crippen LogP contribution < -0.4 is 20.1 Å². The van der Waals surface area contributed by atoms with Crippen LogP contribution in [0.3, 0.4) is 0 Å². The Morgan fingerprint density at radius 3 is 2.88 bits per heavy atom. The lowest BCUT2D eigenvalue weighted by Crippen LogP contribution is -2.37. The Kier molecular flexibility index (Phi) is 8.95. The number of rotatable bonds is 7. The number of guanidine groups is 1. The molecule has 6 heteroatoms. The molecule has 1 aromatic rings. The number of nitrogens with one attached hydrogen (secondary N) is 2. The van der Waals surface area contributed by atoms with E-state index in [1.165, 1.54) is 5.56 Å². The minimum atomic E-state index is 0. The molecular formula is C18H28IN3O2. The Bertz CT molecular complexity index is 576. The normalized spacial score (nSPS) is 15.8. The SMILES string of the molecule is C=CCNC(=NCc1cc2c(cc1OCC)CC(C)O2)NCC.I. The Labute approximate surface area is 161 Å². The standard InChI is InChI=1S/C18H27N3O2.HI/c1-5-8-20-18(19-6-2)21-12-15-11-17-14(9-13(4)23-17)10-16(15)22-7-3;/h5,10-11,13H,1,6-9,12H2,2-4H3,(H2,19,20,21);1H. The molecule has 1 heterocycles. The number of halogens is 1. The van der Waals surface area contributed by atoms with Crippen LogP contribution in [0.25, 0.3) is 0 Å². The average Bonchev–Trinajstić information content (AvgIpc) is 2.89. The highest BCUT2D eigenvalue weighted by Gasteiger charge is 2.21. The molecule has 24 heavy (non-hydrogen) atoms. The van der Waals surface area contributed by atoms with Crippen LogP contribution in [0, 0.1) is 0 Å². The molecule has 0 bridgehead atoms. The smallest absolute Gasteiger partial charge is 0.191 e. The van der Waals surface area contributed by atoms with Crippen LogP contribution in [0.1, 0.15) is 31.9 Å². The van der Waals surface area contributed by atoms with Crippen molar-refractivity contribution in [1.82, 2.24) is 10.6 Å². The van der Waals surface area contributed by atoms with Gasteiger partial charge in [0.2, 0.25) is 0 Å². The summed E-state index contributed by atoms with van der Waals surface area (Å²) in [6.45, 7) is 12.5. The van der Waals surface area contributed by atoms with E-state index in [2.05, 4.69) is 41.3 Å². The van der Waals surface area contributed by atoms with Crippen LogP contribution in [-0.4, -0.2) is 31.8 Å². The Hall–Kier alpha value is -1.44. The Morgan fingerprint density at radius 2 is 2.21 bits per heavy atom. The van der Waals surface area contributed by atoms with E-state index < -0.39 is 0 Å². The number of nitrogens with zero attached hydrogens (tertiary/aromatic N) is 1. The average molecular weight is 445 g/mol. The molecule has 0 spiro atoms. The van der Waals surface area contributed by atoms with Crippen LogP contribution >= 0.6 is 24.0 Å². The predicted octanol–water partition coefficient (Wildman–Crippen LogP) is 3.27. The molecule has 0 radical (unpaired) electrons. The highest BCUT2D eigenvalue weighted by atomic mass is 127. The summed E-state index contributed by atoms with van der Waals surface area (Å²) in [5, 5.41) is 6.42. The third-order valence-electron chi connectivity index (χ3n) is 3.54. The molecule has 0 aliphatic carbocycles. The van der Waals surface area contributed by atoms with Gasteiger partial charge >= 0.3 is 0 Å². The first-order chi connectivity index (χ1) is 11.2. The van der Waals surface area contributed by atoms with Crippen molar-refractivity contribution in [2.75, 3.05) is 19.7 Å². The summed E-state index contributed by atoms with van der Waals surface area (Å²) in [6, 6.07) is 4.15. The molecule has 0 saturated heterocycles. The van der Waals surface area contributed by atoms with Crippen molar-refractivity contribution in [3.63, 3.8) is 0 Å². The van der Waals surface area contributed by atoms with Gasteiger partial charge in [0, 0.05) is 30.6 Å². The number of aliphatic imine (C=N–C) groups is 1. The molecule has 0 aromatic heterocycles. The maximum absolute atomic E-state index is 5.85.